The van der Waals surface area contributed by atoms with Crippen LogP contribution in [0.5, 0.6) is 0 Å². The van der Waals surface area contributed by atoms with E-state index in [1.165, 1.54) is 16.7 Å². The van der Waals surface area contributed by atoms with Crippen LogP contribution in [0.1, 0.15) is 13.8 Å². The van der Waals surface area contributed by atoms with Crippen molar-refractivity contribution in [3.8, 4) is 0 Å². The summed E-state index contributed by atoms with van der Waals surface area (Å²) in [6.07, 6.45) is 0. The number of aliphatic carboxylic acids is 1. The van der Waals surface area contributed by atoms with Crippen LogP contribution in [0.2, 0.25) is 0 Å². The first-order valence-corrected chi connectivity index (χ1v) is 6.34. The van der Waals surface area contributed by atoms with Gasteiger partial charge in [-0.3, -0.25) is 9.59 Å². The fourth-order valence-electron chi connectivity index (χ4n) is 1.48. The number of nitrogens with zero attached hydrogens (tertiary/aromatic N) is 1. The van der Waals surface area contributed by atoms with E-state index in [0.717, 1.165) is 0 Å². The molecule has 0 aromatic heterocycles. The number of carbonyl (C=O) groups excluding carboxylic acids is 2. The first kappa shape index (κ1) is 13.8. The Morgan fingerprint density at radius 1 is 1.53 bits per heavy atom. The van der Waals surface area contributed by atoms with Gasteiger partial charge in [0.1, 0.15) is 12.6 Å². The molecule has 0 unspecified atom stereocenters. The minimum atomic E-state index is -1.06. The third-order valence-corrected chi connectivity index (χ3v) is 3.32. The molecule has 0 bridgehead atoms. The number of nitrogens with one attached hydrogen (secondary N) is 1. The highest BCUT2D eigenvalue weighted by atomic mass is 32.2. The Morgan fingerprint density at radius 2 is 2.18 bits per heavy atom. The molecule has 1 saturated heterocycles. The molecule has 0 aromatic rings. The Labute approximate surface area is 104 Å². The van der Waals surface area contributed by atoms with Crippen LogP contribution in [0.15, 0.2) is 0 Å². The minimum absolute atomic E-state index is 0.0671. The standard InChI is InChI=1S/C10H16N2O4S/c1-6(2)8(9(14)15)11-7(13)5-12-3-4-17-10(12)16/h6,8H,3-5H2,1-2H3,(H,11,13)(H,14,15)/t8-/m0/s1. The van der Waals surface area contributed by atoms with Crippen LogP contribution in [0, 0.1) is 5.92 Å². The van der Waals surface area contributed by atoms with Crippen molar-refractivity contribution in [2.24, 2.45) is 5.92 Å². The lowest BCUT2D eigenvalue weighted by atomic mass is 10.1. The second kappa shape index (κ2) is 5.90. The molecule has 96 valence electrons. The molecule has 1 rings (SSSR count). The van der Waals surface area contributed by atoms with Gasteiger partial charge >= 0.3 is 5.97 Å². The maximum Gasteiger partial charge on any atom is 0.326 e. The van der Waals surface area contributed by atoms with Crippen LogP contribution >= 0.6 is 11.8 Å². The number of carboxylic acid groups (broad SMARTS) is 1. The fraction of sp³-hybridized carbons (Fsp3) is 0.700. The largest absolute Gasteiger partial charge is 0.480 e. The van der Waals surface area contributed by atoms with Gasteiger partial charge in [-0.2, -0.15) is 0 Å². The van der Waals surface area contributed by atoms with Gasteiger partial charge in [-0.15, -0.1) is 0 Å². The molecule has 2 N–H and O–H groups in total. The molecule has 0 radical (unpaired) electrons. The predicted octanol–water partition coefficient (Wildman–Crippen LogP) is 0.381. The van der Waals surface area contributed by atoms with Crippen molar-refractivity contribution in [2.45, 2.75) is 19.9 Å². The van der Waals surface area contributed by atoms with Crippen LogP contribution in [0.3, 0.4) is 0 Å². The van der Waals surface area contributed by atoms with Gasteiger partial charge < -0.3 is 15.3 Å². The number of amides is 2. The maximum absolute atomic E-state index is 11.6. The molecule has 1 aliphatic rings. The zero-order valence-corrected chi connectivity index (χ0v) is 10.6. The Hall–Kier alpha value is -1.24. The Balaban J connectivity index is 2.47. The summed E-state index contributed by atoms with van der Waals surface area (Å²) >= 11 is 1.17. The van der Waals surface area contributed by atoms with Gasteiger partial charge in [-0.05, 0) is 5.92 Å². The van der Waals surface area contributed by atoms with Crippen LogP contribution in [0.25, 0.3) is 0 Å². The molecule has 1 aliphatic heterocycles. The van der Waals surface area contributed by atoms with E-state index < -0.39 is 17.9 Å². The summed E-state index contributed by atoms with van der Waals surface area (Å²) in [5.74, 6) is -1.00. The van der Waals surface area contributed by atoms with Gasteiger partial charge in [0.25, 0.3) is 5.24 Å². The molecule has 0 spiro atoms. The number of hydrogen-bond acceptors (Lipinski definition) is 4. The van der Waals surface area contributed by atoms with E-state index in [1.54, 1.807) is 13.8 Å². The van der Waals surface area contributed by atoms with Crippen LogP contribution in [-0.4, -0.2) is 52.0 Å². The molecule has 0 saturated carbocycles. The molecule has 1 fully saturated rings. The van der Waals surface area contributed by atoms with Crippen LogP contribution < -0.4 is 5.32 Å². The van der Waals surface area contributed by atoms with E-state index >= 15 is 0 Å². The van der Waals surface area contributed by atoms with Gasteiger partial charge in [0.2, 0.25) is 5.91 Å². The number of thioether (sulfide) groups is 1. The van der Waals surface area contributed by atoms with Crippen molar-refractivity contribution in [3.63, 3.8) is 0 Å². The molecule has 17 heavy (non-hydrogen) atoms. The van der Waals surface area contributed by atoms with Crippen molar-refractivity contribution in [1.82, 2.24) is 10.2 Å². The molecular formula is C10H16N2O4S. The molecule has 1 atom stereocenters. The summed E-state index contributed by atoms with van der Waals surface area (Å²) < 4.78 is 0. The highest BCUT2D eigenvalue weighted by Crippen LogP contribution is 2.16. The number of carboxylic acids is 1. The van der Waals surface area contributed by atoms with Gasteiger partial charge in [0.15, 0.2) is 0 Å². The molecule has 6 nitrogen and oxygen atoms in total. The molecule has 7 heteroatoms. The van der Waals surface area contributed by atoms with E-state index in [1.807, 2.05) is 0 Å². The van der Waals surface area contributed by atoms with Gasteiger partial charge in [-0.1, -0.05) is 25.6 Å². The van der Waals surface area contributed by atoms with Crippen molar-refractivity contribution in [3.05, 3.63) is 0 Å². The fourth-order valence-corrected chi connectivity index (χ4v) is 2.30. The minimum Gasteiger partial charge on any atom is -0.480 e. The van der Waals surface area contributed by atoms with E-state index in [-0.39, 0.29) is 17.7 Å². The quantitative estimate of drug-likeness (QED) is 0.746. The lowest BCUT2D eigenvalue weighted by molar-refractivity contribution is -0.143. The van der Waals surface area contributed by atoms with Crippen LogP contribution in [0.4, 0.5) is 4.79 Å². The maximum atomic E-state index is 11.6. The summed E-state index contributed by atoms with van der Waals surface area (Å²) in [5.41, 5.74) is 0. The van der Waals surface area contributed by atoms with Gasteiger partial charge in [0, 0.05) is 12.3 Å². The lowest BCUT2D eigenvalue weighted by Gasteiger charge is -2.20. The SMILES string of the molecule is CC(C)[C@H](NC(=O)CN1CCSC1=O)C(=O)O. The third-order valence-electron chi connectivity index (χ3n) is 2.43. The van der Waals surface area contributed by atoms with Gasteiger partial charge in [-0.25, -0.2) is 4.79 Å². The predicted molar refractivity (Wildman–Crippen MR) is 63.8 cm³/mol. The third kappa shape index (κ3) is 3.92. The summed E-state index contributed by atoms with van der Waals surface area (Å²) in [5, 5.41) is 11.2. The monoisotopic (exact) mass is 260 g/mol. The highest BCUT2D eigenvalue weighted by molar-refractivity contribution is 8.13. The normalized spacial score (nSPS) is 17.4. The van der Waals surface area contributed by atoms with E-state index in [2.05, 4.69) is 5.32 Å². The van der Waals surface area contributed by atoms with E-state index in [0.29, 0.717) is 12.3 Å². The first-order chi connectivity index (χ1) is 7.91. The Morgan fingerprint density at radius 3 is 2.59 bits per heavy atom. The van der Waals surface area contributed by atoms with Crippen molar-refractivity contribution < 1.29 is 19.5 Å². The van der Waals surface area contributed by atoms with Crippen molar-refractivity contribution in [2.75, 3.05) is 18.8 Å². The summed E-state index contributed by atoms with van der Waals surface area (Å²) in [6, 6.07) is -0.909. The zero-order valence-electron chi connectivity index (χ0n) is 9.80. The second-order valence-corrected chi connectivity index (χ2v) is 5.21. The smallest absolute Gasteiger partial charge is 0.326 e. The topological polar surface area (TPSA) is 86.7 Å². The Kier molecular flexibility index (Phi) is 4.80. The summed E-state index contributed by atoms with van der Waals surface area (Å²) in [6.45, 7) is 3.91. The number of carbonyl (C=O) groups is 3. The van der Waals surface area contributed by atoms with E-state index in [9.17, 15) is 14.4 Å². The molecular weight excluding hydrogens is 244 g/mol. The average molecular weight is 260 g/mol. The van der Waals surface area contributed by atoms with Crippen molar-refractivity contribution in [1.29, 1.82) is 0 Å². The van der Waals surface area contributed by atoms with Crippen LogP contribution in [-0.2, 0) is 9.59 Å². The zero-order chi connectivity index (χ0) is 13.0. The molecule has 1 heterocycles. The highest BCUT2D eigenvalue weighted by Gasteiger charge is 2.27. The summed E-state index contributed by atoms with van der Waals surface area (Å²) in [7, 11) is 0. The first-order valence-electron chi connectivity index (χ1n) is 5.35. The van der Waals surface area contributed by atoms with Gasteiger partial charge in [0.05, 0.1) is 0 Å². The van der Waals surface area contributed by atoms with E-state index in [4.69, 9.17) is 5.11 Å². The molecule has 0 aliphatic carbocycles. The number of rotatable bonds is 5. The number of hydrogen-bond donors (Lipinski definition) is 2. The second-order valence-electron chi connectivity index (χ2n) is 4.16. The molecule has 2 amide bonds. The average Bonchev–Trinajstić information content (AvgIpc) is 2.60. The summed E-state index contributed by atoms with van der Waals surface area (Å²) in [4.78, 5) is 35.1. The van der Waals surface area contributed by atoms with Crippen molar-refractivity contribution >= 4 is 28.9 Å². The lowest BCUT2D eigenvalue weighted by Crippen LogP contribution is -2.48. The molecule has 0 aromatic carbocycles. The Bertz CT molecular complexity index is 332.